The summed E-state index contributed by atoms with van der Waals surface area (Å²) in [5.41, 5.74) is 1.61. The monoisotopic (exact) mass is 221 g/mol. The minimum atomic E-state index is -0.283. The number of rotatable bonds is 0. The molecule has 1 aromatic carbocycles. The SMILES string of the molecule is CC1CNCC2(CCc3c(F)cccc32)O1. The highest BCUT2D eigenvalue weighted by Crippen LogP contribution is 2.42. The van der Waals surface area contributed by atoms with Crippen LogP contribution in [0.2, 0.25) is 0 Å². The third kappa shape index (κ3) is 1.39. The molecule has 3 heteroatoms. The molecule has 86 valence electrons. The average molecular weight is 221 g/mol. The van der Waals surface area contributed by atoms with Crippen LogP contribution in [0.5, 0.6) is 0 Å². The second kappa shape index (κ2) is 3.54. The van der Waals surface area contributed by atoms with Crippen LogP contribution in [0, 0.1) is 5.82 Å². The van der Waals surface area contributed by atoms with Gasteiger partial charge in [0.25, 0.3) is 0 Å². The van der Waals surface area contributed by atoms with Crippen molar-refractivity contribution in [1.29, 1.82) is 0 Å². The summed E-state index contributed by atoms with van der Waals surface area (Å²) in [6, 6.07) is 5.33. The minimum Gasteiger partial charge on any atom is -0.365 e. The van der Waals surface area contributed by atoms with Gasteiger partial charge in [0.2, 0.25) is 0 Å². The highest BCUT2D eigenvalue weighted by Gasteiger charge is 2.43. The van der Waals surface area contributed by atoms with E-state index in [1.807, 2.05) is 6.07 Å². The third-order valence-corrected chi connectivity index (χ3v) is 3.66. The van der Waals surface area contributed by atoms with E-state index < -0.39 is 0 Å². The quantitative estimate of drug-likeness (QED) is 0.723. The summed E-state index contributed by atoms with van der Waals surface area (Å²) in [7, 11) is 0. The highest BCUT2D eigenvalue weighted by atomic mass is 19.1. The summed E-state index contributed by atoms with van der Waals surface area (Å²) < 4.78 is 19.7. The zero-order valence-electron chi connectivity index (χ0n) is 9.42. The summed E-state index contributed by atoms with van der Waals surface area (Å²) >= 11 is 0. The Hall–Kier alpha value is -0.930. The van der Waals surface area contributed by atoms with E-state index in [1.165, 1.54) is 6.07 Å². The Morgan fingerprint density at radius 1 is 1.50 bits per heavy atom. The third-order valence-electron chi connectivity index (χ3n) is 3.66. The lowest BCUT2D eigenvalue weighted by atomic mass is 9.93. The number of benzene rings is 1. The second-order valence-electron chi connectivity index (χ2n) is 4.82. The zero-order valence-corrected chi connectivity index (χ0v) is 9.42. The number of hydrogen-bond donors (Lipinski definition) is 1. The molecule has 1 heterocycles. The molecule has 0 saturated carbocycles. The van der Waals surface area contributed by atoms with Gasteiger partial charge in [0, 0.05) is 13.1 Å². The van der Waals surface area contributed by atoms with Gasteiger partial charge in [-0.15, -0.1) is 0 Å². The summed E-state index contributed by atoms with van der Waals surface area (Å²) in [5.74, 6) is -0.0869. The van der Waals surface area contributed by atoms with Crippen LogP contribution < -0.4 is 5.32 Å². The fourth-order valence-electron chi connectivity index (χ4n) is 2.95. The van der Waals surface area contributed by atoms with E-state index in [1.54, 1.807) is 6.07 Å². The Morgan fingerprint density at radius 2 is 2.38 bits per heavy atom. The Kier molecular flexibility index (Phi) is 2.26. The molecule has 1 saturated heterocycles. The number of nitrogens with one attached hydrogen (secondary N) is 1. The average Bonchev–Trinajstić information content (AvgIpc) is 2.59. The van der Waals surface area contributed by atoms with Crippen LogP contribution in [0.4, 0.5) is 4.39 Å². The van der Waals surface area contributed by atoms with Crippen LogP contribution in [0.1, 0.15) is 24.5 Å². The largest absolute Gasteiger partial charge is 0.365 e. The zero-order chi connectivity index (χ0) is 11.2. The summed E-state index contributed by atoms with van der Waals surface area (Å²) in [6.45, 7) is 3.74. The van der Waals surface area contributed by atoms with Crippen LogP contribution in [-0.2, 0) is 16.8 Å². The van der Waals surface area contributed by atoms with Crippen LogP contribution in [0.25, 0.3) is 0 Å². The number of fused-ring (bicyclic) bond motifs is 2. The van der Waals surface area contributed by atoms with Crippen LogP contribution in [0.3, 0.4) is 0 Å². The van der Waals surface area contributed by atoms with Crippen LogP contribution >= 0.6 is 0 Å². The molecule has 2 unspecified atom stereocenters. The van der Waals surface area contributed by atoms with Crippen molar-refractivity contribution in [2.75, 3.05) is 13.1 Å². The predicted molar refractivity (Wildman–Crippen MR) is 59.8 cm³/mol. The predicted octanol–water partition coefficient (Wildman–Crippen LogP) is 1.98. The molecular weight excluding hydrogens is 205 g/mol. The molecule has 0 radical (unpaired) electrons. The second-order valence-corrected chi connectivity index (χ2v) is 4.82. The van der Waals surface area contributed by atoms with Gasteiger partial charge in [-0.1, -0.05) is 12.1 Å². The van der Waals surface area contributed by atoms with Gasteiger partial charge in [0.15, 0.2) is 0 Å². The summed E-state index contributed by atoms with van der Waals surface area (Å²) in [6.07, 6.45) is 1.87. The number of hydrogen-bond acceptors (Lipinski definition) is 2. The van der Waals surface area contributed by atoms with Gasteiger partial charge >= 0.3 is 0 Å². The molecule has 1 N–H and O–H groups in total. The molecule has 0 amide bonds. The first-order valence-corrected chi connectivity index (χ1v) is 5.88. The van der Waals surface area contributed by atoms with Crippen molar-refractivity contribution in [3.05, 3.63) is 35.1 Å². The summed E-state index contributed by atoms with van der Waals surface area (Å²) in [4.78, 5) is 0. The van der Waals surface area contributed by atoms with E-state index in [9.17, 15) is 4.39 Å². The fraction of sp³-hybridized carbons (Fsp3) is 0.538. The van der Waals surface area contributed by atoms with Crippen molar-refractivity contribution in [2.45, 2.75) is 31.5 Å². The first kappa shape index (κ1) is 10.2. The molecule has 1 aliphatic carbocycles. The molecule has 3 rings (SSSR count). The van der Waals surface area contributed by atoms with Crippen LogP contribution in [0.15, 0.2) is 18.2 Å². The Balaban J connectivity index is 2.04. The molecule has 1 aliphatic heterocycles. The fourth-order valence-corrected chi connectivity index (χ4v) is 2.95. The molecule has 16 heavy (non-hydrogen) atoms. The lowest BCUT2D eigenvalue weighted by Gasteiger charge is -2.38. The Morgan fingerprint density at radius 3 is 3.19 bits per heavy atom. The summed E-state index contributed by atoms with van der Waals surface area (Å²) in [5, 5.41) is 3.38. The van der Waals surface area contributed by atoms with E-state index in [-0.39, 0.29) is 17.5 Å². The van der Waals surface area contributed by atoms with E-state index in [4.69, 9.17) is 4.74 Å². The van der Waals surface area contributed by atoms with Crippen molar-refractivity contribution in [2.24, 2.45) is 0 Å². The van der Waals surface area contributed by atoms with Gasteiger partial charge in [-0.05, 0) is 37.0 Å². The van der Waals surface area contributed by atoms with Crippen molar-refractivity contribution >= 4 is 0 Å². The molecule has 2 aliphatic rings. The molecule has 1 fully saturated rings. The molecule has 0 aromatic heterocycles. The van der Waals surface area contributed by atoms with E-state index in [0.717, 1.165) is 37.1 Å². The maximum absolute atomic E-state index is 13.6. The van der Waals surface area contributed by atoms with Gasteiger partial charge in [0.05, 0.1) is 6.10 Å². The van der Waals surface area contributed by atoms with Crippen molar-refractivity contribution in [3.63, 3.8) is 0 Å². The lowest BCUT2D eigenvalue weighted by Crippen LogP contribution is -2.49. The molecule has 2 atom stereocenters. The number of morpholine rings is 1. The van der Waals surface area contributed by atoms with Gasteiger partial charge in [-0.3, -0.25) is 0 Å². The van der Waals surface area contributed by atoms with E-state index >= 15 is 0 Å². The van der Waals surface area contributed by atoms with Crippen molar-refractivity contribution in [3.8, 4) is 0 Å². The molecule has 1 aromatic rings. The minimum absolute atomic E-state index is 0.0869. The normalized spacial score (nSPS) is 33.0. The van der Waals surface area contributed by atoms with E-state index in [2.05, 4.69) is 12.2 Å². The highest BCUT2D eigenvalue weighted by molar-refractivity contribution is 5.39. The molecule has 0 bridgehead atoms. The van der Waals surface area contributed by atoms with Gasteiger partial charge in [0.1, 0.15) is 11.4 Å². The maximum atomic E-state index is 13.6. The molecular formula is C13H16FNO. The van der Waals surface area contributed by atoms with Gasteiger partial charge < -0.3 is 10.1 Å². The van der Waals surface area contributed by atoms with Gasteiger partial charge in [-0.2, -0.15) is 0 Å². The molecule has 1 spiro atoms. The van der Waals surface area contributed by atoms with Crippen molar-refractivity contribution < 1.29 is 9.13 Å². The first-order chi connectivity index (χ1) is 7.71. The van der Waals surface area contributed by atoms with Crippen LogP contribution in [-0.4, -0.2) is 19.2 Å². The van der Waals surface area contributed by atoms with Crippen molar-refractivity contribution in [1.82, 2.24) is 5.32 Å². The number of ether oxygens (including phenoxy) is 1. The maximum Gasteiger partial charge on any atom is 0.126 e. The van der Waals surface area contributed by atoms with E-state index in [0.29, 0.717) is 0 Å². The Labute approximate surface area is 94.8 Å². The first-order valence-electron chi connectivity index (χ1n) is 5.88. The Bertz CT molecular complexity index is 420. The smallest absolute Gasteiger partial charge is 0.126 e. The topological polar surface area (TPSA) is 21.3 Å². The van der Waals surface area contributed by atoms with Gasteiger partial charge in [-0.25, -0.2) is 4.39 Å². The number of halogens is 1. The lowest BCUT2D eigenvalue weighted by molar-refractivity contribution is -0.113. The molecule has 2 nitrogen and oxygen atoms in total. The standard InChI is InChI=1S/C13H16FNO/c1-9-7-15-8-13(16-9)6-5-10-11(13)3-2-4-12(10)14/h2-4,9,15H,5-8H2,1H3.